The molecule has 0 amide bonds. The Balaban J connectivity index is 1.83. The van der Waals surface area contributed by atoms with Crippen molar-refractivity contribution in [3.05, 3.63) is 18.2 Å². The van der Waals surface area contributed by atoms with Gasteiger partial charge in [-0.05, 0) is 25.0 Å². The number of anilines is 1. The van der Waals surface area contributed by atoms with Crippen molar-refractivity contribution < 1.29 is 4.42 Å². The summed E-state index contributed by atoms with van der Waals surface area (Å²) < 4.78 is 5.72. The molecule has 1 saturated carbocycles. The highest BCUT2D eigenvalue weighted by Crippen LogP contribution is 2.35. The largest absolute Gasteiger partial charge is 0.431 e. The summed E-state index contributed by atoms with van der Waals surface area (Å²) in [7, 11) is 0. The Bertz CT molecular complexity index is 517. The van der Waals surface area contributed by atoms with Crippen LogP contribution in [0.15, 0.2) is 27.8 Å². The van der Waals surface area contributed by atoms with E-state index in [-0.39, 0.29) is 0 Å². The molecule has 4 heteroatoms. The van der Waals surface area contributed by atoms with Gasteiger partial charge < -0.3 is 10.2 Å². The quantitative estimate of drug-likeness (QED) is 0.820. The summed E-state index contributed by atoms with van der Waals surface area (Å²) in [5, 5.41) is 1.43. The number of hydrogen-bond donors (Lipinski definition) is 1. The summed E-state index contributed by atoms with van der Waals surface area (Å²) in [6, 6.07) is 5.68. The predicted molar refractivity (Wildman–Crippen MR) is 71.2 cm³/mol. The minimum absolute atomic E-state index is 0.665. The molecule has 0 spiro atoms. The molecule has 2 N–H and O–H groups in total. The fraction of sp³-hybridized carbons (Fsp3) is 0.462. The average Bonchev–Trinajstić information content (AvgIpc) is 2.74. The number of para-hydroxylation sites is 1. The summed E-state index contributed by atoms with van der Waals surface area (Å²) in [6.07, 6.45) is 6.59. The molecule has 1 aromatic carbocycles. The number of aromatic nitrogens is 1. The van der Waals surface area contributed by atoms with Crippen LogP contribution in [-0.4, -0.2) is 10.2 Å². The van der Waals surface area contributed by atoms with E-state index in [2.05, 4.69) is 4.98 Å². The zero-order valence-electron chi connectivity index (χ0n) is 9.69. The van der Waals surface area contributed by atoms with Crippen LogP contribution in [0.3, 0.4) is 0 Å². The Morgan fingerprint density at radius 1 is 1.24 bits per heavy atom. The van der Waals surface area contributed by atoms with Gasteiger partial charge in [0.05, 0.1) is 5.69 Å². The highest BCUT2D eigenvalue weighted by Gasteiger charge is 2.18. The number of fused-ring (bicyclic) bond motifs is 1. The highest BCUT2D eigenvalue weighted by atomic mass is 32.2. The zero-order chi connectivity index (χ0) is 11.7. The van der Waals surface area contributed by atoms with Crippen LogP contribution in [0.25, 0.3) is 11.1 Å². The Kier molecular flexibility index (Phi) is 2.97. The van der Waals surface area contributed by atoms with E-state index in [9.17, 15) is 0 Å². The fourth-order valence-corrected chi connectivity index (χ4v) is 3.46. The molecule has 1 aromatic heterocycles. The van der Waals surface area contributed by atoms with Gasteiger partial charge in [-0.2, -0.15) is 0 Å². The van der Waals surface area contributed by atoms with Crippen LogP contribution in [0.2, 0.25) is 0 Å². The van der Waals surface area contributed by atoms with Crippen LogP contribution in [0.4, 0.5) is 5.69 Å². The van der Waals surface area contributed by atoms with Crippen LogP contribution in [0.1, 0.15) is 32.1 Å². The van der Waals surface area contributed by atoms with Gasteiger partial charge in [0.25, 0.3) is 5.22 Å². The normalized spacial score (nSPS) is 17.6. The maximum Gasteiger partial charge on any atom is 0.257 e. The third kappa shape index (κ3) is 2.27. The number of hydrogen-bond acceptors (Lipinski definition) is 4. The molecular weight excluding hydrogens is 232 g/mol. The lowest BCUT2D eigenvalue weighted by Gasteiger charge is -2.18. The van der Waals surface area contributed by atoms with Crippen molar-refractivity contribution in [2.75, 3.05) is 5.73 Å². The van der Waals surface area contributed by atoms with Crippen molar-refractivity contribution in [1.29, 1.82) is 0 Å². The van der Waals surface area contributed by atoms with Crippen molar-refractivity contribution in [1.82, 2.24) is 4.98 Å². The van der Waals surface area contributed by atoms with E-state index in [0.29, 0.717) is 10.9 Å². The fourth-order valence-electron chi connectivity index (χ4n) is 2.33. The van der Waals surface area contributed by atoms with Gasteiger partial charge in [0.2, 0.25) is 0 Å². The van der Waals surface area contributed by atoms with Gasteiger partial charge in [0, 0.05) is 5.25 Å². The van der Waals surface area contributed by atoms with Crippen LogP contribution in [0, 0.1) is 0 Å². The second-order valence-electron chi connectivity index (χ2n) is 4.55. The monoisotopic (exact) mass is 248 g/mol. The minimum atomic E-state index is 0.665. The highest BCUT2D eigenvalue weighted by molar-refractivity contribution is 7.99. The van der Waals surface area contributed by atoms with Crippen molar-refractivity contribution in [2.24, 2.45) is 0 Å². The molecule has 17 heavy (non-hydrogen) atoms. The van der Waals surface area contributed by atoms with Gasteiger partial charge in [-0.15, -0.1) is 0 Å². The third-order valence-corrected chi connectivity index (χ3v) is 4.43. The lowest BCUT2D eigenvalue weighted by Crippen LogP contribution is -2.07. The lowest BCUT2D eigenvalue weighted by molar-refractivity contribution is 0.477. The molecular formula is C13H16N2OS. The summed E-state index contributed by atoms with van der Waals surface area (Å²) in [5.74, 6) is 0. The molecule has 1 aliphatic carbocycles. The maximum absolute atomic E-state index is 5.87. The molecule has 0 aliphatic heterocycles. The van der Waals surface area contributed by atoms with Crippen LogP contribution in [0.5, 0.6) is 0 Å². The van der Waals surface area contributed by atoms with E-state index < -0.39 is 0 Å². The summed E-state index contributed by atoms with van der Waals surface area (Å²) in [4.78, 5) is 4.48. The van der Waals surface area contributed by atoms with E-state index in [1.165, 1.54) is 32.1 Å². The first kappa shape index (κ1) is 11.0. The number of thioether (sulfide) groups is 1. The number of nitrogens with two attached hydrogens (primary N) is 1. The van der Waals surface area contributed by atoms with Gasteiger partial charge >= 0.3 is 0 Å². The lowest BCUT2D eigenvalue weighted by atomic mass is 10.0. The van der Waals surface area contributed by atoms with E-state index in [1.807, 2.05) is 18.2 Å². The van der Waals surface area contributed by atoms with Crippen molar-refractivity contribution >= 4 is 28.5 Å². The number of benzene rings is 1. The van der Waals surface area contributed by atoms with Gasteiger partial charge in [0.1, 0.15) is 5.52 Å². The average molecular weight is 248 g/mol. The van der Waals surface area contributed by atoms with Crippen LogP contribution < -0.4 is 5.73 Å². The first-order valence-electron chi connectivity index (χ1n) is 6.14. The van der Waals surface area contributed by atoms with Crippen molar-refractivity contribution in [3.63, 3.8) is 0 Å². The molecule has 1 aliphatic rings. The molecule has 1 heterocycles. The summed E-state index contributed by atoms with van der Waals surface area (Å²) in [6.45, 7) is 0. The standard InChI is InChI=1S/C13H16N2OS/c14-10-7-4-8-11-12(10)15-13(16-11)17-9-5-2-1-3-6-9/h4,7-9H,1-3,5-6,14H2. The molecule has 1 fully saturated rings. The van der Waals surface area contributed by atoms with Gasteiger partial charge in [0.15, 0.2) is 5.58 Å². The Morgan fingerprint density at radius 2 is 2.06 bits per heavy atom. The SMILES string of the molecule is Nc1cccc2oc(SC3CCCCC3)nc12. The molecule has 0 bridgehead atoms. The van der Waals surface area contributed by atoms with Gasteiger partial charge in [-0.3, -0.25) is 0 Å². The van der Waals surface area contributed by atoms with Crippen molar-refractivity contribution in [3.8, 4) is 0 Å². The second-order valence-corrected chi connectivity index (χ2v) is 5.80. The zero-order valence-corrected chi connectivity index (χ0v) is 10.5. The van der Waals surface area contributed by atoms with E-state index >= 15 is 0 Å². The molecule has 3 rings (SSSR count). The molecule has 3 nitrogen and oxygen atoms in total. The van der Waals surface area contributed by atoms with Gasteiger partial charge in [-0.1, -0.05) is 37.1 Å². The van der Waals surface area contributed by atoms with E-state index in [0.717, 1.165) is 16.3 Å². The molecule has 0 atom stereocenters. The Labute approximate surface area is 105 Å². The maximum atomic E-state index is 5.87. The molecule has 0 unspecified atom stereocenters. The summed E-state index contributed by atoms with van der Waals surface area (Å²) in [5.41, 5.74) is 8.16. The number of nitrogens with zero attached hydrogens (tertiary/aromatic N) is 1. The van der Waals surface area contributed by atoms with Crippen LogP contribution >= 0.6 is 11.8 Å². The van der Waals surface area contributed by atoms with Gasteiger partial charge in [-0.25, -0.2) is 4.98 Å². The number of rotatable bonds is 2. The second kappa shape index (κ2) is 4.61. The molecule has 0 radical (unpaired) electrons. The first-order chi connectivity index (χ1) is 8.33. The van der Waals surface area contributed by atoms with Crippen LogP contribution in [-0.2, 0) is 0 Å². The number of oxazole rings is 1. The predicted octanol–water partition coefficient (Wildman–Crippen LogP) is 3.83. The summed E-state index contributed by atoms with van der Waals surface area (Å²) >= 11 is 1.77. The Hall–Kier alpha value is -1.16. The van der Waals surface area contributed by atoms with Crippen molar-refractivity contribution in [2.45, 2.75) is 42.6 Å². The molecule has 90 valence electrons. The first-order valence-corrected chi connectivity index (χ1v) is 7.02. The molecule has 2 aromatic rings. The van der Waals surface area contributed by atoms with E-state index in [4.69, 9.17) is 10.2 Å². The smallest absolute Gasteiger partial charge is 0.257 e. The Morgan fingerprint density at radius 3 is 2.82 bits per heavy atom. The topological polar surface area (TPSA) is 52.0 Å². The third-order valence-electron chi connectivity index (χ3n) is 3.25. The van der Waals surface area contributed by atoms with E-state index in [1.54, 1.807) is 11.8 Å². The number of nitrogen functional groups attached to an aromatic ring is 1. The molecule has 0 saturated heterocycles. The minimum Gasteiger partial charge on any atom is -0.431 e.